The van der Waals surface area contributed by atoms with Crippen molar-refractivity contribution in [2.24, 2.45) is 5.41 Å². The minimum atomic E-state index is -4.31. The molecule has 1 heterocycles. The molecule has 0 saturated heterocycles. The molecule has 1 aromatic rings. The fraction of sp³-hybridized carbons (Fsp3) is 0.583. The summed E-state index contributed by atoms with van der Waals surface area (Å²) in [5.41, 5.74) is -0.00918. The van der Waals surface area contributed by atoms with Gasteiger partial charge in [0.05, 0.1) is 5.56 Å². The van der Waals surface area contributed by atoms with E-state index in [0.717, 1.165) is 12.3 Å². The fourth-order valence-corrected chi connectivity index (χ4v) is 1.27. The zero-order valence-electron chi connectivity index (χ0n) is 9.89. The van der Waals surface area contributed by atoms with Crippen molar-refractivity contribution in [3.8, 4) is 0 Å². The number of rotatable bonds is 1. The van der Waals surface area contributed by atoms with Crippen LogP contribution in [-0.4, -0.2) is 4.98 Å². The second-order valence-electron chi connectivity index (χ2n) is 5.06. The molecule has 0 amide bonds. The van der Waals surface area contributed by atoms with Gasteiger partial charge >= 0.3 is 6.18 Å². The van der Waals surface area contributed by atoms with Gasteiger partial charge in [-0.2, -0.15) is 13.2 Å². The molecule has 0 bridgehead atoms. The third kappa shape index (κ3) is 2.97. The SMILES string of the molecule is C[C@@H](c1ccc(C(F)(F)F)cn1)C(C)(C)C. The third-order valence-electron chi connectivity index (χ3n) is 2.86. The van der Waals surface area contributed by atoms with E-state index in [1.54, 1.807) is 0 Å². The maximum atomic E-state index is 12.3. The van der Waals surface area contributed by atoms with Crippen LogP contribution in [0.15, 0.2) is 18.3 Å². The number of hydrogen-bond acceptors (Lipinski definition) is 1. The molecule has 4 heteroatoms. The minimum Gasteiger partial charge on any atom is -0.260 e. The first kappa shape index (κ1) is 13.0. The quantitative estimate of drug-likeness (QED) is 0.704. The molecule has 0 N–H and O–H groups in total. The van der Waals surface area contributed by atoms with Crippen molar-refractivity contribution < 1.29 is 13.2 Å². The minimum absolute atomic E-state index is 0.00719. The Balaban J connectivity index is 2.96. The van der Waals surface area contributed by atoms with E-state index in [9.17, 15) is 13.2 Å². The van der Waals surface area contributed by atoms with E-state index in [2.05, 4.69) is 4.98 Å². The summed E-state index contributed by atoms with van der Waals surface area (Å²) in [5, 5.41) is 0. The average molecular weight is 231 g/mol. The Hall–Kier alpha value is -1.06. The summed E-state index contributed by atoms with van der Waals surface area (Å²) in [5.74, 6) is 0.120. The summed E-state index contributed by atoms with van der Waals surface area (Å²) in [6.07, 6.45) is -3.41. The van der Waals surface area contributed by atoms with Crippen molar-refractivity contribution in [2.45, 2.75) is 39.8 Å². The van der Waals surface area contributed by atoms with Crippen LogP contribution in [-0.2, 0) is 6.18 Å². The molecule has 1 aromatic heterocycles. The predicted molar refractivity (Wildman–Crippen MR) is 57.1 cm³/mol. The fourth-order valence-electron chi connectivity index (χ4n) is 1.27. The van der Waals surface area contributed by atoms with Crippen molar-refractivity contribution >= 4 is 0 Å². The number of aromatic nitrogens is 1. The normalized spacial score (nSPS) is 14.9. The van der Waals surface area contributed by atoms with Crippen LogP contribution < -0.4 is 0 Å². The highest BCUT2D eigenvalue weighted by atomic mass is 19.4. The molecule has 0 spiro atoms. The average Bonchev–Trinajstić information content (AvgIpc) is 2.14. The summed E-state index contributed by atoms with van der Waals surface area (Å²) >= 11 is 0. The summed E-state index contributed by atoms with van der Waals surface area (Å²) in [4.78, 5) is 3.89. The van der Waals surface area contributed by atoms with Crippen LogP contribution in [0.5, 0.6) is 0 Å². The van der Waals surface area contributed by atoms with Gasteiger partial charge in [0.25, 0.3) is 0 Å². The number of nitrogens with zero attached hydrogens (tertiary/aromatic N) is 1. The molecule has 0 saturated carbocycles. The summed E-state index contributed by atoms with van der Waals surface area (Å²) in [6, 6.07) is 2.54. The van der Waals surface area contributed by atoms with Crippen LogP contribution in [0.25, 0.3) is 0 Å². The lowest BCUT2D eigenvalue weighted by atomic mass is 9.80. The molecule has 0 aromatic carbocycles. The van der Waals surface area contributed by atoms with Gasteiger partial charge in [-0.05, 0) is 17.5 Å². The smallest absolute Gasteiger partial charge is 0.260 e. The third-order valence-corrected chi connectivity index (χ3v) is 2.86. The molecule has 0 fully saturated rings. The van der Waals surface area contributed by atoms with E-state index in [0.29, 0.717) is 5.69 Å². The molecule has 0 radical (unpaired) electrons. The molecule has 0 unspecified atom stereocenters. The molecule has 0 aliphatic rings. The molecular formula is C12H16F3N. The molecule has 1 rings (SSSR count). The molecule has 1 nitrogen and oxygen atoms in total. The van der Waals surface area contributed by atoms with Gasteiger partial charge in [0, 0.05) is 17.8 Å². The van der Waals surface area contributed by atoms with Crippen molar-refractivity contribution in [3.63, 3.8) is 0 Å². The number of alkyl halides is 3. The summed E-state index contributed by atoms with van der Waals surface area (Å²) in [7, 11) is 0. The molecule has 90 valence electrons. The van der Waals surface area contributed by atoms with E-state index < -0.39 is 11.7 Å². The largest absolute Gasteiger partial charge is 0.417 e. The number of pyridine rings is 1. The molecule has 0 aliphatic carbocycles. The van der Waals surface area contributed by atoms with Crippen LogP contribution in [0.2, 0.25) is 0 Å². The van der Waals surface area contributed by atoms with Crippen LogP contribution in [0.1, 0.15) is 44.9 Å². The second-order valence-corrected chi connectivity index (χ2v) is 5.06. The summed E-state index contributed by atoms with van der Waals surface area (Å²) in [6.45, 7) is 8.08. The van der Waals surface area contributed by atoms with Crippen LogP contribution >= 0.6 is 0 Å². The highest BCUT2D eigenvalue weighted by Gasteiger charge is 2.31. The van der Waals surface area contributed by atoms with E-state index in [-0.39, 0.29) is 11.3 Å². The van der Waals surface area contributed by atoms with Crippen molar-refractivity contribution in [3.05, 3.63) is 29.6 Å². The Morgan fingerprint density at radius 2 is 1.69 bits per heavy atom. The molecule has 1 atom stereocenters. The standard InChI is InChI=1S/C12H16F3N/c1-8(11(2,3)4)10-6-5-9(7-16-10)12(13,14)15/h5-8H,1-4H3/t8-/m0/s1. The zero-order chi connectivity index (χ0) is 12.6. The Morgan fingerprint density at radius 3 is 2.00 bits per heavy atom. The van der Waals surface area contributed by atoms with Crippen LogP contribution in [0.3, 0.4) is 0 Å². The Morgan fingerprint density at radius 1 is 1.12 bits per heavy atom. The highest BCUT2D eigenvalue weighted by molar-refractivity contribution is 5.19. The highest BCUT2D eigenvalue weighted by Crippen LogP contribution is 2.34. The van der Waals surface area contributed by atoms with Crippen molar-refractivity contribution in [1.29, 1.82) is 0 Å². The lowest BCUT2D eigenvalue weighted by Crippen LogP contribution is -2.17. The van der Waals surface area contributed by atoms with E-state index in [4.69, 9.17) is 0 Å². The first-order valence-corrected chi connectivity index (χ1v) is 5.15. The number of hydrogen-bond donors (Lipinski definition) is 0. The lowest BCUT2D eigenvalue weighted by Gasteiger charge is -2.26. The first-order valence-electron chi connectivity index (χ1n) is 5.15. The van der Waals surface area contributed by atoms with Crippen molar-refractivity contribution in [1.82, 2.24) is 4.98 Å². The van der Waals surface area contributed by atoms with E-state index in [1.165, 1.54) is 6.07 Å². The van der Waals surface area contributed by atoms with Gasteiger partial charge in [0.15, 0.2) is 0 Å². The van der Waals surface area contributed by atoms with Gasteiger partial charge in [-0.25, -0.2) is 0 Å². The van der Waals surface area contributed by atoms with Gasteiger partial charge in [-0.15, -0.1) is 0 Å². The van der Waals surface area contributed by atoms with Crippen molar-refractivity contribution in [2.75, 3.05) is 0 Å². The van der Waals surface area contributed by atoms with Gasteiger partial charge in [0.1, 0.15) is 0 Å². The van der Waals surface area contributed by atoms with E-state index in [1.807, 2.05) is 27.7 Å². The Kier molecular flexibility index (Phi) is 3.31. The molecule has 16 heavy (non-hydrogen) atoms. The van der Waals surface area contributed by atoms with Crippen LogP contribution in [0, 0.1) is 5.41 Å². The number of halogens is 3. The Labute approximate surface area is 93.7 Å². The second kappa shape index (κ2) is 4.07. The predicted octanol–water partition coefficient (Wildman–Crippen LogP) is 4.25. The van der Waals surface area contributed by atoms with Gasteiger partial charge in [-0.3, -0.25) is 4.98 Å². The molecule has 0 aliphatic heterocycles. The topological polar surface area (TPSA) is 12.9 Å². The van der Waals surface area contributed by atoms with Gasteiger partial charge < -0.3 is 0 Å². The maximum absolute atomic E-state index is 12.3. The summed E-state index contributed by atoms with van der Waals surface area (Å²) < 4.78 is 36.9. The molecular weight excluding hydrogens is 215 g/mol. The lowest BCUT2D eigenvalue weighted by molar-refractivity contribution is -0.137. The van der Waals surface area contributed by atoms with Gasteiger partial charge in [-0.1, -0.05) is 27.7 Å². The van der Waals surface area contributed by atoms with E-state index >= 15 is 0 Å². The monoisotopic (exact) mass is 231 g/mol. The first-order chi connectivity index (χ1) is 7.12. The maximum Gasteiger partial charge on any atom is 0.417 e. The van der Waals surface area contributed by atoms with Crippen LogP contribution in [0.4, 0.5) is 13.2 Å². The van der Waals surface area contributed by atoms with Gasteiger partial charge in [0.2, 0.25) is 0 Å². The Bertz CT molecular complexity index is 346. The zero-order valence-corrected chi connectivity index (χ0v) is 9.89.